The molecule has 2 aromatic rings. The number of amidine groups is 1. The van der Waals surface area contributed by atoms with E-state index >= 15 is 0 Å². The molecule has 1 aliphatic rings. The van der Waals surface area contributed by atoms with Crippen LogP contribution in [0.2, 0.25) is 5.02 Å². The molecule has 0 spiro atoms. The Morgan fingerprint density at radius 3 is 2.65 bits per heavy atom. The summed E-state index contributed by atoms with van der Waals surface area (Å²) in [4.78, 5) is 22.7. The number of rotatable bonds is 4. The standard InChI is InChI=1S/C17H11ClN4O3S/c18-13-6-4-11(5-7-13)9-15-16(23)20-17(26-15)21-19-10-12-2-1-3-14(8-12)22(24)25/h1-10H,(H,20,21,23)/b15-9-,19-10+. The molecular formula is C17H11ClN4O3S. The van der Waals surface area contributed by atoms with E-state index in [1.54, 1.807) is 42.5 Å². The lowest BCUT2D eigenvalue weighted by molar-refractivity contribution is -0.384. The number of carbonyl (C=O) groups excluding carboxylic acids is 1. The molecule has 1 fully saturated rings. The first-order chi connectivity index (χ1) is 12.5. The van der Waals surface area contributed by atoms with Crippen molar-refractivity contribution in [2.24, 2.45) is 10.2 Å². The lowest BCUT2D eigenvalue weighted by Crippen LogP contribution is -2.19. The Morgan fingerprint density at radius 2 is 1.92 bits per heavy atom. The lowest BCUT2D eigenvalue weighted by atomic mass is 10.2. The van der Waals surface area contributed by atoms with E-state index in [1.807, 2.05) is 0 Å². The van der Waals surface area contributed by atoms with Gasteiger partial charge in [-0.05, 0) is 35.5 Å². The highest BCUT2D eigenvalue weighted by Gasteiger charge is 2.23. The summed E-state index contributed by atoms with van der Waals surface area (Å²) in [5.74, 6) is -0.269. The van der Waals surface area contributed by atoms with Crippen LogP contribution in [0.1, 0.15) is 11.1 Å². The van der Waals surface area contributed by atoms with E-state index in [-0.39, 0.29) is 11.6 Å². The number of hydrogen-bond acceptors (Lipinski definition) is 6. The average molecular weight is 387 g/mol. The third kappa shape index (κ3) is 4.56. The second-order valence-electron chi connectivity index (χ2n) is 5.12. The van der Waals surface area contributed by atoms with Crippen LogP contribution in [0.15, 0.2) is 63.6 Å². The van der Waals surface area contributed by atoms with Gasteiger partial charge in [0, 0.05) is 22.7 Å². The highest BCUT2D eigenvalue weighted by Crippen LogP contribution is 2.26. The molecule has 0 radical (unpaired) electrons. The zero-order chi connectivity index (χ0) is 18.5. The van der Waals surface area contributed by atoms with Gasteiger partial charge in [0.1, 0.15) is 0 Å². The van der Waals surface area contributed by atoms with Gasteiger partial charge >= 0.3 is 0 Å². The van der Waals surface area contributed by atoms with E-state index < -0.39 is 4.92 Å². The van der Waals surface area contributed by atoms with Crippen molar-refractivity contribution < 1.29 is 9.72 Å². The molecule has 7 nitrogen and oxygen atoms in total. The van der Waals surface area contributed by atoms with E-state index in [0.717, 1.165) is 17.3 Å². The van der Waals surface area contributed by atoms with Crippen LogP contribution >= 0.6 is 23.4 Å². The third-order valence-electron chi connectivity index (χ3n) is 3.26. The first-order valence-corrected chi connectivity index (χ1v) is 8.53. The number of hydrogen-bond donors (Lipinski definition) is 1. The van der Waals surface area contributed by atoms with Crippen LogP contribution < -0.4 is 5.32 Å². The zero-order valence-electron chi connectivity index (χ0n) is 13.1. The van der Waals surface area contributed by atoms with Crippen molar-refractivity contribution in [2.75, 3.05) is 0 Å². The number of nitrogens with one attached hydrogen (secondary N) is 1. The van der Waals surface area contributed by atoms with Gasteiger partial charge in [0.2, 0.25) is 0 Å². The van der Waals surface area contributed by atoms with Crippen LogP contribution in [0.5, 0.6) is 0 Å². The molecule has 3 rings (SSSR count). The van der Waals surface area contributed by atoms with Gasteiger partial charge in [0.15, 0.2) is 5.17 Å². The fraction of sp³-hybridized carbons (Fsp3) is 0. The van der Waals surface area contributed by atoms with E-state index in [0.29, 0.717) is 20.7 Å². The molecule has 2 aromatic carbocycles. The Balaban J connectivity index is 1.71. The van der Waals surface area contributed by atoms with Crippen molar-refractivity contribution in [1.29, 1.82) is 0 Å². The van der Waals surface area contributed by atoms with Crippen molar-refractivity contribution in [3.63, 3.8) is 0 Å². The molecule has 1 amide bonds. The monoisotopic (exact) mass is 386 g/mol. The second-order valence-corrected chi connectivity index (χ2v) is 6.59. The highest BCUT2D eigenvalue weighted by atomic mass is 35.5. The third-order valence-corrected chi connectivity index (χ3v) is 4.41. The number of amides is 1. The van der Waals surface area contributed by atoms with Gasteiger partial charge in [-0.3, -0.25) is 20.2 Å². The van der Waals surface area contributed by atoms with Crippen LogP contribution in [0.3, 0.4) is 0 Å². The maximum atomic E-state index is 12.0. The molecule has 0 saturated carbocycles. The minimum Gasteiger partial charge on any atom is -0.299 e. The average Bonchev–Trinajstić information content (AvgIpc) is 2.97. The molecule has 9 heteroatoms. The fourth-order valence-corrected chi connectivity index (χ4v) is 2.96. The topological polar surface area (TPSA) is 97.0 Å². The number of halogens is 1. The van der Waals surface area contributed by atoms with Crippen LogP contribution in [-0.2, 0) is 4.79 Å². The lowest BCUT2D eigenvalue weighted by Gasteiger charge is -1.94. The summed E-state index contributed by atoms with van der Waals surface area (Å²) >= 11 is 6.99. The SMILES string of the molecule is O=C1N/C(=N/N=C/c2cccc([N+](=O)[O-])c2)S/C1=C\c1ccc(Cl)cc1. The number of nitro groups is 1. The Kier molecular flexibility index (Phi) is 5.45. The molecule has 1 heterocycles. The fourth-order valence-electron chi connectivity index (χ4n) is 2.05. The largest absolute Gasteiger partial charge is 0.299 e. The Labute approximate surface area is 157 Å². The quantitative estimate of drug-likeness (QED) is 0.373. The van der Waals surface area contributed by atoms with Crippen LogP contribution in [0.25, 0.3) is 6.08 Å². The predicted octanol–water partition coefficient (Wildman–Crippen LogP) is 3.84. The second kappa shape index (κ2) is 7.94. The molecular weight excluding hydrogens is 376 g/mol. The van der Waals surface area contributed by atoms with Crippen molar-refractivity contribution in [3.8, 4) is 0 Å². The van der Waals surface area contributed by atoms with Gasteiger partial charge in [0.25, 0.3) is 11.6 Å². The molecule has 130 valence electrons. The van der Waals surface area contributed by atoms with Crippen LogP contribution in [-0.4, -0.2) is 22.2 Å². The smallest absolute Gasteiger partial charge is 0.270 e. The van der Waals surface area contributed by atoms with Crippen LogP contribution in [0.4, 0.5) is 5.69 Å². The van der Waals surface area contributed by atoms with Crippen molar-refractivity contribution in [3.05, 3.63) is 79.7 Å². The van der Waals surface area contributed by atoms with Gasteiger partial charge < -0.3 is 0 Å². The van der Waals surface area contributed by atoms with Gasteiger partial charge in [-0.25, -0.2) is 0 Å². The molecule has 26 heavy (non-hydrogen) atoms. The predicted molar refractivity (Wildman–Crippen MR) is 103 cm³/mol. The summed E-state index contributed by atoms with van der Waals surface area (Å²) in [5.41, 5.74) is 1.35. The minimum absolute atomic E-state index is 0.0293. The molecule has 0 bridgehead atoms. The maximum Gasteiger partial charge on any atom is 0.270 e. The summed E-state index contributed by atoms with van der Waals surface area (Å²) in [5, 5.41) is 22.1. The Hall–Kier alpha value is -2.97. The van der Waals surface area contributed by atoms with E-state index in [1.165, 1.54) is 18.3 Å². The first-order valence-electron chi connectivity index (χ1n) is 7.33. The van der Waals surface area contributed by atoms with Gasteiger partial charge in [-0.2, -0.15) is 5.10 Å². The first kappa shape index (κ1) is 17.8. The van der Waals surface area contributed by atoms with Gasteiger partial charge in [-0.1, -0.05) is 35.9 Å². The number of nitro benzene ring substituents is 1. The van der Waals surface area contributed by atoms with E-state index in [4.69, 9.17) is 11.6 Å². The summed E-state index contributed by atoms with van der Waals surface area (Å²) in [6, 6.07) is 13.1. The molecule has 0 aliphatic carbocycles. The van der Waals surface area contributed by atoms with E-state index in [2.05, 4.69) is 15.5 Å². The summed E-state index contributed by atoms with van der Waals surface area (Å²) in [6.45, 7) is 0. The van der Waals surface area contributed by atoms with Crippen molar-refractivity contribution >= 4 is 52.4 Å². The van der Waals surface area contributed by atoms with Gasteiger partial charge in [0.05, 0.1) is 16.0 Å². The molecule has 1 N–H and O–H groups in total. The van der Waals surface area contributed by atoms with Crippen LogP contribution in [0, 0.1) is 10.1 Å². The van der Waals surface area contributed by atoms with Crippen molar-refractivity contribution in [2.45, 2.75) is 0 Å². The van der Waals surface area contributed by atoms with Crippen molar-refractivity contribution in [1.82, 2.24) is 5.32 Å². The number of benzene rings is 2. The molecule has 1 saturated heterocycles. The Morgan fingerprint density at radius 1 is 1.15 bits per heavy atom. The highest BCUT2D eigenvalue weighted by molar-refractivity contribution is 8.18. The molecule has 0 atom stereocenters. The zero-order valence-corrected chi connectivity index (χ0v) is 14.7. The maximum absolute atomic E-state index is 12.0. The summed E-state index contributed by atoms with van der Waals surface area (Å²) < 4.78 is 0. The normalized spacial score (nSPS) is 17.2. The molecule has 0 aromatic heterocycles. The number of non-ortho nitro benzene ring substituents is 1. The summed E-state index contributed by atoms with van der Waals surface area (Å²) in [6.07, 6.45) is 3.11. The van der Waals surface area contributed by atoms with E-state index in [9.17, 15) is 14.9 Å². The Bertz CT molecular complexity index is 955. The summed E-state index contributed by atoms with van der Waals surface area (Å²) in [7, 11) is 0. The number of carbonyl (C=O) groups is 1. The molecule has 1 aliphatic heterocycles. The number of nitrogens with zero attached hydrogens (tertiary/aromatic N) is 3. The minimum atomic E-state index is -0.482. The molecule has 0 unspecified atom stereocenters. The van der Waals surface area contributed by atoms with Gasteiger partial charge in [-0.15, -0.1) is 5.10 Å². The number of thioether (sulfide) groups is 1.